The summed E-state index contributed by atoms with van der Waals surface area (Å²) in [6.45, 7) is 1.62. The highest BCUT2D eigenvalue weighted by Gasteiger charge is 2.44. The van der Waals surface area contributed by atoms with E-state index >= 15 is 0 Å². The normalized spacial score (nSPS) is 22.6. The van der Waals surface area contributed by atoms with Gasteiger partial charge in [-0.15, -0.1) is 0 Å². The molecule has 1 aliphatic heterocycles. The number of halogens is 1. The summed E-state index contributed by atoms with van der Waals surface area (Å²) in [7, 11) is 0. The molecule has 126 valence electrons. The molecule has 2 heterocycles. The smallest absolute Gasteiger partial charge is 0.260 e. The van der Waals surface area contributed by atoms with Crippen LogP contribution in [0.3, 0.4) is 0 Å². The van der Waals surface area contributed by atoms with Crippen molar-refractivity contribution in [1.29, 1.82) is 0 Å². The van der Waals surface area contributed by atoms with Gasteiger partial charge in [-0.1, -0.05) is 11.6 Å². The predicted octanol–water partition coefficient (Wildman–Crippen LogP) is 2.95. The van der Waals surface area contributed by atoms with Gasteiger partial charge in [0, 0.05) is 29.2 Å². The van der Waals surface area contributed by atoms with Crippen molar-refractivity contribution in [2.24, 2.45) is 0 Å². The number of ether oxygens (including phenoxy) is 1. The van der Waals surface area contributed by atoms with Crippen LogP contribution in [0.15, 0.2) is 30.5 Å². The first kappa shape index (κ1) is 15.5. The number of hydrogen-bond donors (Lipinski definition) is 1. The fourth-order valence-electron chi connectivity index (χ4n) is 3.98. The molecule has 2 aromatic rings. The van der Waals surface area contributed by atoms with Gasteiger partial charge in [0.2, 0.25) is 0 Å². The van der Waals surface area contributed by atoms with Crippen molar-refractivity contribution >= 4 is 17.5 Å². The Balaban J connectivity index is 1.41. The lowest BCUT2D eigenvalue weighted by molar-refractivity contribution is -0.135. The van der Waals surface area contributed by atoms with Crippen LogP contribution in [0.25, 0.3) is 0 Å². The molecular formula is C18H20ClN3O2. The van der Waals surface area contributed by atoms with Crippen LogP contribution in [-0.4, -0.2) is 40.7 Å². The lowest BCUT2D eigenvalue weighted by Gasteiger charge is -2.40. The van der Waals surface area contributed by atoms with Crippen molar-refractivity contribution in [1.82, 2.24) is 15.1 Å². The molecule has 1 saturated heterocycles. The summed E-state index contributed by atoms with van der Waals surface area (Å²) in [5.41, 5.74) is 2.60. The average molecular weight is 346 g/mol. The number of H-pyrrole nitrogens is 1. The molecule has 2 aliphatic rings. The summed E-state index contributed by atoms with van der Waals surface area (Å²) in [5, 5.41) is 8.01. The van der Waals surface area contributed by atoms with Crippen LogP contribution in [0.2, 0.25) is 5.02 Å². The van der Waals surface area contributed by atoms with E-state index in [-0.39, 0.29) is 17.9 Å². The van der Waals surface area contributed by atoms with Crippen LogP contribution >= 0.6 is 11.6 Å². The Bertz CT molecular complexity index is 743. The van der Waals surface area contributed by atoms with Crippen LogP contribution in [0.5, 0.6) is 5.75 Å². The second kappa shape index (κ2) is 6.13. The highest BCUT2D eigenvalue weighted by atomic mass is 35.5. The number of piperidine rings is 1. The molecule has 5 nitrogen and oxygen atoms in total. The zero-order valence-electron chi connectivity index (χ0n) is 13.4. The first-order valence-electron chi connectivity index (χ1n) is 8.35. The summed E-state index contributed by atoms with van der Waals surface area (Å²) in [5.74, 6) is 0.702. The Morgan fingerprint density at radius 2 is 2.17 bits per heavy atom. The summed E-state index contributed by atoms with van der Waals surface area (Å²) >= 11 is 5.86. The maximum atomic E-state index is 12.6. The van der Waals surface area contributed by atoms with E-state index in [1.807, 2.05) is 11.1 Å². The van der Waals surface area contributed by atoms with Gasteiger partial charge in [-0.05, 0) is 55.5 Å². The number of carbonyl (C=O) groups is 1. The second-order valence-electron chi connectivity index (χ2n) is 6.71. The minimum Gasteiger partial charge on any atom is -0.484 e. The molecule has 0 radical (unpaired) electrons. The van der Waals surface area contributed by atoms with E-state index in [0.717, 1.165) is 38.8 Å². The van der Waals surface area contributed by atoms with E-state index in [9.17, 15) is 4.79 Å². The van der Waals surface area contributed by atoms with Gasteiger partial charge < -0.3 is 9.64 Å². The number of carbonyl (C=O) groups excluding carboxylic acids is 1. The van der Waals surface area contributed by atoms with Gasteiger partial charge in [0.15, 0.2) is 6.61 Å². The maximum absolute atomic E-state index is 12.6. The van der Waals surface area contributed by atoms with Crippen molar-refractivity contribution in [2.45, 2.75) is 31.1 Å². The molecular weight excluding hydrogens is 326 g/mol. The topological polar surface area (TPSA) is 58.2 Å². The molecule has 1 spiro atoms. The number of likely N-dealkylation sites (tertiary alicyclic amines) is 1. The first-order chi connectivity index (χ1) is 11.7. The Kier molecular flexibility index (Phi) is 3.96. The van der Waals surface area contributed by atoms with Gasteiger partial charge in [-0.25, -0.2) is 0 Å². The third-order valence-electron chi connectivity index (χ3n) is 5.23. The molecule has 1 fully saturated rings. The van der Waals surface area contributed by atoms with Crippen LogP contribution in [0.4, 0.5) is 0 Å². The summed E-state index contributed by atoms with van der Waals surface area (Å²) < 4.78 is 5.61. The highest BCUT2D eigenvalue weighted by molar-refractivity contribution is 6.30. The van der Waals surface area contributed by atoms with Crippen LogP contribution in [0.1, 0.15) is 30.5 Å². The number of benzene rings is 1. The number of aryl methyl sites for hydroxylation is 1. The number of amides is 1. The van der Waals surface area contributed by atoms with E-state index in [1.165, 1.54) is 11.3 Å². The summed E-state index contributed by atoms with van der Waals surface area (Å²) in [6, 6.07) is 7.08. The van der Waals surface area contributed by atoms with Crippen LogP contribution in [-0.2, 0) is 16.6 Å². The van der Waals surface area contributed by atoms with Gasteiger partial charge in [-0.3, -0.25) is 9.89 Å². The molecule has 0 saturated carbocycles. The molecule has 1 atom stereocenters. The number of aromatic nitrogens is 2. The SMILES string of the molecule is O=C(COc1ccc(Cl)cc1)N1CCCC2(CCc3cn[nH]c32)C1. The quantitative estimate of drug-likeness (QED) is 0.930. The van der Waals surface area contributed by atoms with E-state index in [4.69, 9.17) is 16.3 Å². The Hall–Kier alpha value is -2.01. The maximum Gasteiger partial charge on any atom is 0.260 e. The van der Waals surface area contributed by atoms with Gasteiger partial charge in [0.25, 0.3) is 5.91 Å². The number of nitrogens with one attached hydrogen (secondary N) is 1. The third-order valence-corrected chi connectivity index (χ3v) is 5.48. The number of hydrogen-bond acceptors (Lipinski definition) is 3. The van der Waals surface area contributed by atoms with Gasteiger partial charge in [0.1, 0.15) is 5.75 Å². The zero-order valence-corrected chi connectivity index (χ0v) is 14.2. The number of nitrogens with zero attached hydrogens (tertiary/aromatic N) is 2. The van der Waals surface area contributed by atoms with Crippen molar-refractivity contribution < 1.29 is 9.53 Å². The molecule has 1 N–H and O–H groups in total. The fraction of sp³-hybridized carbons (Fsp3) is 0.444. The largest absolute Gasteiger partial charge is 0.484 e. The lowest BCUT2D eigenvalue weighted by atomic mass is 9.77. The van der Waals surface area contributed by atoms with Gasteiger partial charge >= 0.3 is 0 Å². The molecule has 0 bridgehead atoms. The third kappa shape index (κ3) is 2.77. The molecule has 6 heteroatoms. The van der Waals surface area contributed by atoms with Crippen molar-refractivity contribution in [3.05, 3.63) is 46.7 Å². The number of rotatable bonds is 3. The minimum atomic E-state index is 0.0389. The molecule has 1 aromatic heterocycles. The molecule has 1 amide bonds. The zero-order chi connectivity index (χ0) is 16.6. The monoisotopic (exact) mass is 345 g/mol. The van der Waals surface area contributed by atoms with E-state index in [1.54, 1.807) is 24.3 Å². The summed E-state index contributed by atoms with van der Waals surface area (Å²) in [4.78, 5) is 14.5. The molecule has 1 aromatic carbocycles. The Morgan fingerprint density at radius 1 is 1.33 bits per heavy atom. The highest BCUT2D eigenvalue weighted by Crippen LogP contribution is 2.43. The van der Waals surface area contributed by atoms with E-state index in [0.29, 0.717) is 10.8 Å². The Morgan fingerprint density at radius 3 is 3.00 bits per heavy atom. The van der Waals surface area contributed by atoms with Gasteiger partial charge in [0.05, 0.1) is 6.20 Å². The first-order valence-corrected chi connectivity index (χ1v) is 8.73. The van der Waals surface area contributed by atoms with Gasteiger partial charge in [-0.2, -0.15) is 5.10 Å². The minimum absolute atomic E-state index is 0.0389. The Labute approximate surface area is 145 Å². The molecule has 1 unspecified atom stereocenters. The second-order valence-corrected chi connectivity index (χ2v) is 7.15. The molecule has 24 heavy (non-hydrogen) atoms. The molecule has 4 rings (SSSR count). The van der Waals surface area contributed by atoms with E-state index in [2.05, 4.69) is 10.2 Å². The lowest BCUT2D eigenvalue weighted by Crippen LogP contribution is -2.49. The molecule has 1 aliphatic carbocycles. The predicted molar refractivity (Wildman–Crippen MR) is 91.3 cm³/mol. The number of aromatic amines is 1. The van der Waals surface area contributed by atoms with Crippen LogP contribution < -0.4 is 4.74 Å². The average Bonchev–Trinajstić information content (AvgIpc) is 3.19. The van der Waals surface area contributed by atoms with E-state index < -0.39 is 0 Å². The van der Waals surface area contributed by atoms with Crippen LogP contribution in [0, 0.1) is 0 Å². The van der Waals surface area contributed by atoms with Crippen molar-refractivity contribution in [3.8, 4) is 5.75 Å². The standard InChI is InChI=1S/C18H20ClN3O2/c19-14-2-4-15(5-3-14)24-11-16(23)22-9-1-7-18(12-22)8-6-13-10-20-21-17(13)18/h2-5,10H,1,6-9,11-12H2,(H,20,21). The van der Waals surface area contributed by atoms with Crippen molar-refractivity contribution in [2.75, 3.05) is 19.7 Å². The fourth-order valence-corrected chi connectivity index (χ4v) is 4.10. The summed E-state index contributed by atoms with van der Waals surface area (Å²) in [6.07, 6.45) is 6.21. The van der Waals surface area contributed by atoms with Crippen molar-refractivity contribution in [3.63, 3.8) is 0 Å². The number of fused-ring (bicyclic) bond motifs is 2.